The largest absolute Gasteiger partial charge is 0.267 e. The fourth-order valence-corrected chi connectivity index (χ4v) is 1.65. The number of hydrogen-bond acceptors (Lipinski definition) is 3. The lowest BCUT2D eigenvalue weighted by Gasteiger charge is -2.22. The molecule has 15 heavy (non-hydrogen) atoms. The van der Waals surface area contributed by atoms with E-state index >= 15 is 0 Å². The number of nitrogens with one attached hydrogen (secondary N) is 1. The number of para-hydroxylation sites is 2. The third kappa shape index (κ3) is 2.32. The Morgan fingerprint density at radius 2 is 1.13 bits per heavy atom. The van der Waals surface area contributed by atoms with Gasteiger partial charge in [0.05, 0.1) is 11.4 Å². The van der Waals surface area contributed by atoms with Gasteiger partial charge in [-0.25, -0.2) is 0 Å². The summed E-state index contributed by atoms with van der Waals surface area (Å²) in [6.45, 7) is 0. The lowest BCUT2D eigenvalue weighted by Crippen LogP contribution is -2.25. The lowest BCUT2D eigenvalue weighted by atomic mass is 10.2. The maximum atomic E-state index is 4.11. The average Bonchev–Trinajstić information content (AvgIpc) is 2.33. The first kappa shape index (κ1) is 10.1. The molecule has 2 aromatic carbocycles. The van der Waals surface area contributed by atoms with Crippen LogP contribution in [0.15, 0.2) is 60.7 Å². The normalized spacial score (nSPS) is 9.93. The fourth-order valence-electron chi connectivity index (χ4n) is 1.42. The van der Waals surface area contributed by atoms with Crippen LogP contribution in [0.4, 0.5) is 11.4 Å². The van der Waals surface area contributed by atoms with Crippen molar-refractivity contribution >= 4 is 24.2 Å². The van der Waals surface area contributed by atoms with Gasteiger partial charge in [-0.05, 0) is 24.3 Å². The molecule has 0 aliphatic rings. The molecule has 0 bridgehead atoms. The second kappa shape index (κ2) is 4.87. The van der Waals surface area contributed by atoms with Crippen LogP contribution in [-0.4, -0.2) is 0 Å². The molecule has 0 saturated carbocycles. The Bertz CT molecular complexity index is 363. The summed E-state index contributed by atoms with van der Waals surface area (Å²) in [6.07, 6.45) is 0. The minimum Gasteiger partial charge on any atom is -0.267 e. The predicted octanol–water partition coefficient (Wildman–Crippen LogP) is 3.17. The molecule has 0 radical (unpaired) electrons. The van der Waals surface area contributed by atoms with Crippen LogP contribution in [0.25, 0.3) is 0 Å². The van der Waals surface area contributed by atoms with Crippen LogP contribution in [0.2, 0.25) is 0 Å². The third-order valence-corrected chi connectivity index (χ3v) is 2.33. The summed E-state index contributed by atoms with van der Waals surface area (Å²) in [5.74, 6) is 0. The number of hydrogen-bond donors (Lipinski definition) is 2. The smallest absolute Gasteiger partial charge is 0.0587 e. The van der Waals surface area contributed by atoms with Gasteiger partial charge in [0.1, 0.15) is 0 Å². The highest BCUT2D eigenvalue weighted by Crippen LogP contribution is 2.22. The van der Waals surface area contributed by atoms with E-state index in [4.69, 9.17) is 0 Å². The molecule has 0 heterocycles. The number of benzene rings is 2. The Hall–Kier alpha value is -1.45. The van der Waals surface area contributed by atoms with Crippen molar-refractivity contribution in [2.24, 2.45) is 0 Å². The summed E-state index contributed by atoms with van der Waals surface area (Å²) in [5, 5.41) is 1.91. The first-order chi connectivity index (χ1) is 7.42. The molecule has 76 valence electrons. The molecule has 0 atom stereocenters. The van der Waals surface area contributed by atoms with E-state index in [1.54, 1.807) is 0 Å². The van der Waals surface area contributed by atoms with Crippen molar-refractivity contribution < 1.29 is 0 Å². The molecule has 3 heteroatoms. The van der Waals surface area contributed by atoms with Crippen LogP contribution in [0.1, 0.15) is 0 Å². The topological polar surface area (TPSA) is 15.3 Å². The minimum atomic E-state index is 1.05. The van der Waals surface area contributed by atoms with Crippen LogP contribution in [0.5, 0.6) is 0 Å². The maximum absolute atomic E-state index is 4.11. The Balaban J connectivity index is 2.34. The Morgan fingerprint density at radius 1 is 0.733 bits per heavy atom. The highest BCUT2D eigenvalue weighted by molar-refractivity contribution is 7.78. The number of hydrazine groups is 1. The molecule has 0 aliphatic heterocycles. The second-order valence-electron chi connectivity index (χ2n) is 3.11. The number of thiol groups is 1. The van der Waals surface area contributed by atoms with Crippen molar-refractivity contribution in [2.75, 3.05) is 5.01 Å². The Labute approximate surface area is 95.1 Å². The van der Waals surface area contributed by atoms with Gasteiger partial charge in [-0.2, -0.15) is 4.83 Å². The van der Waals surface area contributed by atoms with E-state index in [0.29, 0.717) is 0 Å². The second-order valence-corrected chi connectivity index (χ2v) is 3.31. The van der Waals surface area contributed by atoms with Crippen molar-refractivity contribution in [3.05, 3.63) is 60.7 Å². The zero-order valence-electron chi connectivity index (χ0n) is 8.17. The molecular formula is C12H12N2S. The quantitative estimate of drug-likeness (QED) is 0.605. The molecule has 0 spiro atoms. The van der Waals surface area contributed by atoms with E-state index in [1.165, 1.54) is 0 Å². The van der Waals surface area contributed by atoms with Gasteiger partial charge in [0, 0.05) is 0 Å². The van der Waals surface area contributed by atoms with Crippen molar-refractivity contribution in [3.8, 4) is 0 Å². The lowest BCUT2D eigenvalue weighted by molar-refractivity contribution is 1.00. The molecule has 0 aromatic heterocycles. The van der Waals surface area contributed by atoms with Gasteiger partial charge in [-0.1, -0.05) is 49.2 Å². The van der Waals surface area contributed by atoms with E-state index in [2.05, 4.69) is 17.6 Å². The van der Waals surface area contributed by atoms with Gasteiger partial charge >= 0.3 is 0 Å². The molecule has 0 fully saturated rings. The highest BCUT2D eigenvalue weighted by atomic mass is 32.1. The summed E-state index contributed by atoms with van der Waals surface area (Å²) in [5.41, 5.74) is 2.11. The number of nitrogens with zero attached hydrogens (tertiary/aromatic N) is 1. The van der Waals surface area contributed by atoms with Crippen molar-refractivity contribution in [3.63, 3.8) is 0 Å². The van der Waals surface area contributed by atoms with Gasteiger partial charge < -0.3 is 0 Å². The van der Waals surface area contributed by atoms with E-state index < -0.39 is 0 Å². The molecule has 2 rings (SSSR count). The minimum absolute atomic E-state index is 1.05. The number of rotatable bonds is 3. The van der Waals surface area contributed by atoms with Gasteiger partial charge in [-0.3, -0.25) is 5.01 Å². The molecule has 0 aliphatic carbocycles. The fraction of sp³-hybridized carbons (Fsp3) is 0. The van der Waals surface area contributed by atoms with E-state index in [0.717, 1.165) is 11.4 Å². The van der Waals surface area contributed by atoms with Gasteiger partial charge in [0.15, 0.2) is 0 Å². The summed E-state index contributed by atoms with van der Waals surface area (Å²) in [4.78, 5) is 2.86. The summed E-state index contributed by atoms with van der Waals surface area (Å²) < 4.78 is 0. The van der Waals surface area contributed by atoms with Gasteiger partial charge in [0.25, 0.3) is 0 Å². The average molecular weight is 216 g/mol. The molecule has 0 unspecified atom stereocenters. The molecule has 2 aromatic rings. The SMILES string of the molecule is SNN(c1ccccc1)c1ccccc1. The maximum Gasteiger partial charge on any atom is 0.0587 e. The summed E-state index contributed by atoms with van der Waals surface area (Å²) >= 11 is 4.11. The molecular weight excluding hydrogens is 204 g/mol. The third-order valence-electron chi connectivity index (χ3n) is 2.13. The van der Waals surface area contributed by atoms with Gasteiger partial charge in [0.2, 0.25) is 0 Å². The van der Waals surface area contributed by atoms with Crippen LogP contribution >= 0.6 is 12.8 Å². The van der Waals surface area contributed by atoms with Crippen LogP contribution < -0.4 is 9.84 Å². The molecule has 2 nitrogen and oxygen atoms in total. The van der Waals surface area contributed by atoms with Crippen LogP contribution in [0.3, 0.4) is 0 Å². The predicted molar refractivity (Wildman–Crippen MR) is 67.1 cm³/mol. The highest BCUT2D eigenvalue weighted by Gasteiger charge is 2.05. The van der Waals surface area contributed by atoms with Gasteiger partial charge in [-0.15, -0.1) is 0 Å². The monoisotopic (exact) mass is 216 g/mol. The zero-order chi connectivity index (χ0) is 10.5. The Kier molecular flexibility index (Phi) is 3.27. The van der Waals surface area contributed by atoms with E-state index in [9.17, 15) is 0 Å². The number of anilines is 2. The van der Waals surface area contributed by atoms with Crippen LogP contribution in [-0.2, 0) is 0 Å². The van der Waals surface area contributed by atoms with E-state index in [1.807, 2.05) is 65.7 Å². The summed E-state index contributed by atoms with van der Waals surface area (Å²) in [6, 6.07) is 20.1. The molecule has 0 amide bonds. The molecule has 0 saturated heterocycles. The van der Waals surface area contributed by atoms with E-state index in [-0.39, 0.29) is 0 Å². The van der Waals surface area contributed by atoms with Crippen molar-refractivity contribution in [1.82, 2.24) is 4.83 Å². The zero-order valence-corrected chi connectivity index (χ0v) is 9.06. The standard InChI is InChI=1S/C12H12N2S/c15-13-14(11-7-3-1-4-8-11)12-9-5-2-6-10-12/h1-10,13,15H. The molecule has 1 N–H and O–H groups in total. The van der Waals surface area contributed by atoms with Crippen LogP contribution in [0, 0.1) is 0 Å². The summed E-state index contributed by atoms with van der Waals surface area (Å²) in [7, 11) is 0. The van der Waals surface area contributed by atoms with Crippen molar-refractivity contribution in [2.45, 2.75) is 0 Å². The van der Waals surface area contributed by atoms with Crippen molar-refractivity contribution in [1.29, 1.82) is 0 Å². The first-order valence-corrected chi connectivity index (χ1v) is 5.16. The Morgan fingerprint density at radius 3 is 1.47 bits per heavy atom. The first-order valence-electron chi connectivity index (χ1n) is 4.72.